The molecule has 0 saturated heterocycles. The lowest BCUT2D eigenvalue weighted by Gasteiger charge is -2.43. The number of hydrogen-bond acceptors (Lipinski definition) is 5. The predicted molar refractivity (Wildman–Crippen MR) is 114 cm³/mol. The van der Waals surface area contributed by atoms with E-state index in [2.05, 4.69) is 4.98 Å². The lowest BCUT2D eigenvalue weighted by atomic mass is 9.58. The van der Waals surface area contributed by atoms with Crippen LogP contribution in [0.4, 0.5) is 0 Å². The fourth-order valence-corrected chi connectivity index (χ4v) is 4.91. The number of carbonyl (C=O) groups is 1. The van der Waals surface area contributed by atoms with E-state index in [0.29, 0.717) is 5.56 Å². The van der Waals surface area contributed by atoms with Crippen LogP contribution in [0.3, 0.4) is 0 Å². The van der Waals surface area contributed by atoms with Gasteiger partial charge in [-0.05, 0) is 22.4 Å². The molecule has 4 rings (SSSR count). The molecule has 1 aliphatic carbocycles. The molecule has 0 bridgehead atoms. The first-order chi connectivity index (χ1) is 13.8. The molecule has 0 fully saturated rings. The fourth-order valence-electron chi connectivity index (χ4n) is 4.23. The summed E-state index contributed by atoms with van der Waals surface area (Å²) in [4.78, 5) is 29.1. The molecule has 29 heavy (non-hydrogen) atoms. The number of benzene rings is 2. The molecular formula is C23H20N2O3S. The van der Waals surface area contributed by atoms with Crippen molar-refractivity contribution in [3.8, 4) is 10.6 Å². The third-order valence-electron chi connectivity index (χ3n) is 5.70. The summed E-state index contributed by atoms with van der Waals surface area (Å²) in [5.74, 6) is 0.770. The van der Waals surface area contributed by atoms with Gasteiger partial charge in [-0.1, -0.05) is 56.3 Å². The van der Waals surface area contributed by atoms with Crippen LogP contribution in [0.15, 0.2) is 65.7 Å². The standard InChI is InChI=1S/C23H20N2O3S/c1-22(2)9-8-19(24)23(21(27)28,18(22)13-26)15-7-6-14-4-3-5-16(17(14)12-15)20-25-10-11-29-20/h3-12,19H,24H2,1-2H3,(H,27,28). The summed E-state index contributed by atoms with van der Waals surface area (Å²) in [5, 5.41) is 14.9. The van der Waals surface area contributed by atoms with Gasteiger partial charge in [0.25, 0.3) is 0 Å². The number of nitrogens with two attached hydrogens (primary N) is 1. The molecule has 2 unspecified atom stereocenters. The van der Waals surface area contributed by atoms with E-state index in [1.165, 1.54) is 11.3 Å². The van der Waals surface area contributed by atoms with E-state index in [1.54, 1.807) is 38.3 Å². The highest BCUT2D eigenvalue weighted by molar-refractivity contribution is 7.13. The van der Waals surface area contributed by atoms with Gasteiger partial charge >= 0.3 is 5.97 Å². The molecule has 2 atom stereocenters. The van der Waals surface area contributed by atoms with Gasteiger partial charge in [-0.2, -0.15) is 0 Å². The van der Waals surface area contributed by atoms with E-state index < -0.39 is 22.8 Å². The minimum Gasteiger partial charge on any atom is -0.480 e. The molecule has 5 nitrogen and oxygen atoms in total. The zero-order valence-corrected chi connectivity index (χ0v) is 16.9. The number of nitrogens with zero attached hydrogens (tertiary/aromatic N) is 1. The van der Waals surface area contributed by atoms with Gasteiger partial charge in [-0.3, -0.25) is 4.79 Å². The zero-order chi connectivity index (χ0) is 20.8. The van der Waals surface area contributed by atoms with Crippen molar-refractivity contribution < 1.29 is 14.7 Å². The maximum atomic E-state index is 12.7. The number of allylic oxidation sites excluding steroid dienone is 1. The van der Waals surface area contributed by atoms with Crippen LogP contribution in [0.5, 0.6) is 0 Å². The maximum Gasteiger partial charge on any atom is 0.321 e. The second kappa shape index (κ2) is 6.78. The van der Waals surface area contributed by atoms with Crippen LogP contribution in [-0.4, -0.2) is 28.0 Å². The second-order valence-corrected chi connectivity index (χ2v) is 8.67. The molecule has 0 saturated carbocycles. The van der Waals surface area contributed by atoms with Gasteiger partial charge in [-0.25, -0.2) is 9.78 Å². The Hall–Kier alpha value is -3.05. The van der Waals surface area contributed by atoms with Crippen LogP contribution in [0, 0.1) is 5.41 Å². The van der Waals surface area contributed by atoms with Crippen molar-refractivity contribution in [2.24, 2.45) is 11.1 Å². The lowest BCUT2D eigenvalue weighted by molar-refractivity contribution is -0.143. The van der Waals surface area contributed by atoms with Gasteiger partial charge in [-0.15, -0.1) is 11.3 Å². The number of thiazole rings is 1. The number of rotatable bonds is 3. The highest BCUT2D eigenvalue weighted by atomic mass is 32.1. The molecule has 0 aliphatic heterocycles. The fraction of sp³-hybridized carbons (Fsp3) is 0.217. The first-order valence-electron chi connectivity index (χ1n) is 9.20. The Morgan fingerprint density at radius 2 is 2.07 bits per heavy atom. The van der Waals surface area contributed by atoms with E-state index in [-0.39, 0.29) is 5.57 Å². The minimum absolute atomic E-state index is 0.124. The molecule has 6 heteroatoms. The summed E-state index contributed by atoms with van der Waals surface area (Å²) < 4.78 is 0. The molecule has 3 aromatic rings. The van der Waals surface area contributed by atoms with Crippen molar-refractivity contribution in [3.05, 3.63) is 71.3 Å². The van der Waals surface area contributed by atoms with Crippen LogP contribution in [0.1, 0.15) is 19.4 Å². The number of hydrogen-bond donors (Lipinski definition) is 2. The smallest absolute Gasteiger partial charge is 0.321 e. The van der Waals surface area contributed by atoms with Gasteiger partial charge in [0.1, 0.15) is 16.4 Å². The third-order valence-corrected chi connectivity index (χ3v) is 6.50. The van der Waals surface area contributed by atoms with Crippen LogP contribution < -0.4 is 5.73 Å². The van der Waals surface area contributed by atoms with Gasteiger partial charge in [0.15, 0.2) is 0 Å². The number of aromatic nitrogens is 1. The third kappa shape index (κ3) is 2.76. The van der Waals surface area contributed by atoms with E-state index >= 15 is 0 Å². The zero-order valence-electron chi connectivity index (χ0n) is 16.0. The number of carboxylic acids is 1. The Morgan fingerprint density at radius 3 is 2.72 bits per heavy atom. The molecular weight excluding hydrogens is 384 g/mol. The minimum atomic E-state index is -1.69. The van der Waals surface area contributed by atoms with Crippen LogP contribution in [0.25, 0.3) is 21.3 Å². The van der Waals surface area contributed by atoms with E-state index in [0.717, 1.165) is 21.3 Å². The van der Waals surface area contributed by atoms with Crippen molar-refractivity contribution in [1.82, 2.24) is 4.98 Å². The first-order valence-corrected chi connectivity index (χ1v) is 10.1. The average molecular weight is 404 g/mol. The Labute approximate surface area is 172 Å². The SMILES string of the molecule is CC1(C)C=CC(N)C(C(=O)O)(c2ccc3cccc(-c4nccs4)c3c2)C1=C=O. The molecule has 3 N–H and O–H groups in total. The maximum absolute atomic E-state index is 12.7. The van der Waals surface area contributed by atoms with E-state index in [9.17, 15) is 14.7 Å². The van der Waals surface area contributed by atoms with Gasteiger partial charge in [0, 0.05) is 34.2 Å². The van der Waals surface area contributed by atoms with Crippen molar-refractivity contribution in [2.45, 2.75) is 25.3 Å². The monoisotopic (exact) mass is 404 g/mol. The van der Waals surface area contributed by atoms with Crippen LogP contribution >= 0.6 is 11.3 Å². The van der Waals surface area contributed by atoms with Crippen molar-refractivity contribution in [1.29, 1.82) is 0 Å². The van der Waals surface area contributed by atoms with Gasteiger partial charge < -0.3 is 10.8 Å². The predicted octanol–water partition coefficient (Wildman–Crippen LogP) is 3.97. The van der Waals surface area contributed by atoms with Crippen LogP contribution in [0.2, 0.25) is 0 Å². The quantitative estimate of drug-likeness (QED) is 0.509. The van der Waals surface area contributed by atoms with Crippen molar-refractivity contribution >= 4 is 34.0 Å². The van der Waals surface area contributed by atoms with Gasteiger partial charge in [0.2, 0.25) is 0 Å². The summed E-state index contributed by atoms with van der Waals surface area (Å²) in [6.07, 6.45) is 5.19. The molecule has 0 spiro atoms. The lowest BCUT2D eigenvalue weighted by Crippen LogP contribution is -2.56. The molecule has 1 aliphatic rings. The first kappa shape index (κ1) is 19.3. The molecule has 0 amide bonds. The summed E-state index contributed by atoms with van der Waals surface area (Å²) >= 11 is 1.51. The topological polar surface area (TPSA) is 93.3 Å². The molecule has 1 heterocycles. The van der Waals surface area contributed by atoms with E-state index in [1.807, 2.05) is 41.7 Å². The molecule has 2 aromatic carbocycles. The largest absolute Gasteiger partial charge is 0.480 e. The Kier molecular flexibility index (Phi) is 4.50. The number of carboxylic acid groups (broad SMARTS) is 1. The summed E-state index contributed by atoms with van der Waals surface area (Å²) in [6, 6.07) is 10.4. The summed E-state index contributed by atoms with van der Waals surface area (Å²) in [6.45, 7) is 3.60. The summed E-state index contributed by atoms with van der Waals surface area (Å²) in [5.41, 5.74) is 5.36. The highest BCUT2D eigenvalue weighted by Crippen LogP contribution is 2.48. The van der Waals surface area contributed by atoms with Crippen molar-refractivity contribution in [2.75, 3.05) is 0 Å². The van der Waals surface area contributed by atoms with Crippen molar-refractivity contribution in [3.63, 3.8) is 0 Å². The molecule has 1 aromatic heterocycles. The summed E-state index contributed by atoms with van der Waals surface area (Å²) in [7, 11) is 0. The Bertz CT molecular complexity index is 1190. The van der Waals surface area contributed by atoms with Gasteiger partial charge in [0.05, 0.1) is 0 Å². The molecule has 0 radical (unpaired) electrons. The number of aliphatic carboxylic acids is 1. The highest BCUT2D eigenvalue weighted by Gasteiger charge is 2.55. The Morgan fingerprint density at radius 1 is 1.28 bits per heavy atom. The Balaban J connectivity index is 2.06. The normalized spacial score (nSPS) is 23.1. The molecule has 146 valence electrons. The number of carbonyl (C=O) groups excluding carboxylic acids is 1. The van der Waals surface area contributed by atoms with Crippen LogP contribution in [-0.2, 0) is 15.0 Å². The number of fused-ring (bicyclic) bond motifs is 1. The van der Waals surface area contributed by atoms with E-state index in [4.69, 9.17) is 5.73 Å². The average Bonchev–Trinajstić information content (AvgIpc) is 3.23. The second-order valence-electron chi connectivity index (χ2n) is 7.78.